The number of nitrogens with zero attached hydrogens (tertiary/aromatic N) is 5. The lowest BCUT2D eigenvalue weighted by atomic mass is 10.3. The molecule has 1 aromatic heterocycles. The van der Waals surface area contributed by atoms with Gasteiger partial charge in [0, 0.05) is 32.2 Å². The molecule has 116 valence electrons. The molecule has 2 heterocycles. The van der Waals surface area contributed by atoms with Crippen LogP contribution in [-0.4, -0.2) is 63.0 Å². The summed E-state index contributed by atoms with van der Waals surface area (Å²) in [6.07, 6.45) is 4.04. The minimum atomic E-state index is -0.216. The number of amides is 1. The van der Waals surface area contributed by atoms with Crippen LogP contribution in [-0.2, 0) is 11.4 Å². The van der Waals surface area contributed by atoms with Gasteiger partial charge in [0.1, 0.15) is 6.33 Å². The van der Waals surface area contributed by atoms with Gasteiger partial charge in [-0.1, -0.05) is 0 Å². The summed E-state index contributed by atoms with van der Waals surface area (Å²) in [5.41, 5.74) is 0. The van der Waals surface area contributed by atoms with E-state index in [0.29, 0.717) is 32.4 Å². The van der Waals surface area contributed by atoms with Crippen molar-refractivity contribution in [2.75, 3.05) is 32.8 Å². The van der Waals surface area contributed by atoms with Crippen LogP contribution in [0.15, 0.2) is 6.33 Å². The Morgan fingerprint density at radius 1 is 1.38 bits per heavy atom. The Morgan fingerprint density at radius 3 is 2.71 bits per heavy atom. The van der Waals surface area contributed by atoms with Gasteiger partial charge in [0.05, 0.1) is 13.3 Å². The van der Waals surface area contributed by atoms with Crippen LogP contribution in [0, 0.1) is 4.77 Å². The zero-order valence-electron chi connectivity index (χ0n) is 12.3. The number of hydrogen-bond donors (Lipinski definition) is 0. The summed E-state index contributed by atoms with van der Waals surface area (Å²) in [4.78, 5) is 15.7. The molecule has 0 aromatic carbocycles. The van der Waals surface area contributed by atoms with E-state index in [1.165, 1.54) is 12.8 Å². The second kappa shape index (κ2) is 6.15. The molecule has 3 rings (SSSR count). The maximum Gasteiger partial charge on any atom is 0.409 e. The SMILES string of the molecule is CCOC(=O)N1CCN(Cn2ncn(C3CC3)c2=S)CC1. The highest BCUT2D eigenvalue weighted by Gasteiger charge is 2.26. The van der Waals surface area contributed by atoms with Crippen LogP contribution >= 0.6 is 12.2 Å². The van der Waals surface area contributed by atoms with Crippen molar-refractivity contribution in [2.45, 2.75) is 32.5 Å². The van der Waals surface area contributed by atoms with Gasteiger partial charge in [-0.05, 0) is 32.0 Å². The summed E-state index contributed by atoms with van der Waals surface area (Å²) in [6, 6.07) is 0.562. The molecule has 8 heteroatoms. The van der Waals surface area contributed by atoms with E-state index in [4.69, 9.17) is 17.0 Å². The Morgan fingerprint density at radius 2 is 2.10 bits per heavy atom. The second-order valence-electron chi connectivity index (χ2n) is 5.50. The van der Waals surface area contributed by atoms with E-state index in [-0.39, 0.29) is 6.09 Å². The molecule has 1 aromatic rings. The zero-order chi connectivity index (χ0) is 14.8. The first-order valence-corrected chi connectivity index (χ1v) is 7.88. The standard InChI is InChI=1S/C13H21N5O2S/c1-2-20-13(19)16-7-5-15(6-8-16)10-18-12(21)17(9-14-18)11-3-4-11/h9,11H,2-8,10H2,1H3. The third-order valence-electron chi connectivity index (χ3n) is 3.93. The van der Waals surface area contributed by atoms with Crippen molar-refractivity contribution in [3.05, 3.63) is 11.1 Å². The number of carbonyl (C=O) groups is 1. The minimum Gasteiger partial charge on any atom is -0.450 e. The summed E-state index contributed by atoms with van der Waals surface area (Å²) >= 11 is 5.46. The highest BCUT2D eigenvalue weighted by molar-refractivity contribution is 7.71. The zero-order valence-corrected chi connectivity index (χ0v) is 13.1. The van der Waals surface area contributed by atoms with E-state index in [2.05, 4.69) is 14.6 Å². The van der Waals surface area contributed by atoms with Crippen LogP contribution in [0.5, 0.6) is 0 Å². The van der Waals surface area contributed by atoms with Gasteiger partial charge in [-0.15, -0.1) is 0 Å². The smallest absolute Gasteiger partial charge is 0.409 e. The van der Waals surface area contributed by atoms with E-state index < -0.39 is 0 Å². The Bertz CT molecular complexity index is 557. The van der Waals surface area contributed by atoms with Crippen molar-refractivity contribution >= 4 is 18.3 Å². The van der Waals surface area contributed by atoms with Gasteiger partial charge >= 0.3 is 6.09 Å². The fourth-order valence-electron chi connectivity index (χ4n) is 2.53. The minimum absolute atomic E-state index is 0.216. The van der Waals surface area contributed by atoms with E-state index in [1.54, 1.807) is 4.90 Å². The first kappa shape index (κ1) is 14.5. The van der Waals surface area contributed by atoms with Crippen molar-refractivity contribution in [1.29, 1.82) is 0 Å². The summed E-state index contributed by atoms with van der Waals surface area (Å²) < 4.78 is 9.77. The molecule has 0 spiro atoms. The lowest BCUT2D eigenvalue weighted by Crippen LogP contribution is -2.49. The van der Waals surface area contributed by atoms with Gasteiger partial charge < -0.3 is 14.2 Å². The van der Waals surface area contributed by atoms with E-state index in [9.17, 15) is 4.79 Å². The fourth-order valence-corrected chi connectivity index (χ4v) is 2.83. The van der Waals surface area contributed by atoms with Gasteiger partial charge in [-0.25, -0.2) is 9.48 Å². The molecule has 0 bridgehead atoms. The van der Waals surface area contributed by atoms with Crippen LogP contribution in [0.4, 0.5) is 4.79 Å². The highest BCUT2D eigenvalue weighted by atomic mass is 32.1. The van der Waals surface area contributed by atoms with Gasteiger partial charge in [-0.2, -0.15) is 5.10 Å². The molecule has 0 radical (unpaired) electrons. The second-order valence-corrected chi connectivity index (χ2v) is 5.86. The van der Waals surface area contributed by atoms with Crippen LogP contribution in [0.25, 0.3) is 0 Å². The first-order chi connectivity index (χ1) is 10.2. The third-order valence-corrected chi connectivity index (χ3v) is 4.35. The van der Waals surface area contributed by atoms with Gasteiger partial charge in [0.15, 0.2) is 4.77 Å². The van der Waals surface area contributed by atoms with Crippen molar-refractivity contribution in [2.24, 2.45) is 0 Å². The summed E-state index contributed by atoms with van der Waals surface area (Å²) in [5.74, 6) is 0. The molecule has 0 unspecified atom stereocenters. The first-order valence-electron chi connectivity index (χ1n) is 7.47. The number of aromatic nitrogens is 3. The maximum absolute atomic E-state index is 11.7. The predicted octanol–water partition coefficient (Wildman–Crippen LogP) is 1.48. The maximum atomic E-state index is 11.7. The van der Waals surface area contributed by atoms with Gasteiger partial charge in [0.25, 0.3) is 0 Å². The third kappa shape index (κ3) is 3.26. The van der Waals surface area contributed by atoms with Gasteiger partial charge in [-0.3, -0.25) is 4.90 Å². The predicted molar refractivity (Wildman–Crippen MR) is 79.5 cm³/mol. The molecule has 1 aliphatic carbocycles. The molecule has 7 nitrogen and oxygen atoms in total. The molecule has 2 aliphatic rings. The molecule has 0 N–H and O–H groups in total. The number of piperazine rings is 1. The monoisotopic (exact) mass is 311 g/mol. The lowest BCUT2D eigenvalue weighted by molar-refractivity contribution is 0.0690. The summed E-state index contributed by atoms with van der Waals surface area (Å²) in [6.45, 7) is 5.95. The number of hydrogen-bond acceptors (Lipinski definition) is 5. The Hall–Kier alpha value is -1.41. The van der Waals surface area contributed by atoms with Crippen molar-refractivity contribution in [3.63, 3.8) is 0 Å². The number of ether oxygens (including phenoxy) is 1. The molecule has 2 fully saturated rings. The molecule has 21 heavy (non-hydrogen) atoms. The molecule has 1 aliphatic heterocycles. The number of carbonyl (C=O) groups excluding carboxylic acids is 1. The van der Waals surface area contributed by atoms with E-state index >= 15 is 0 Å². The van der Waals surface area contributed by atoms with E-state index in [1.807, 2.05) is 17.9 Å². The van der Waals surface area contributed by atoms with Crippen LogP contribution in [0.2, 0.25) is 0 Å². The summed E-state index contributed by atoms with van der Waals surface area (Å²) in [5, 5.41) is 4.38. The van der Waals surface area contributed by atoms with E-state index in [0.717, 1.165) is 17.9 Å². The van der Waals surface area contributed by atoms with Crippen molar-refractivity contribution in [1.82, 2.24) is 24.1 Å². The fraction of sp³-hybridized carbons (Fsp3) is 0.769. The average molecular weight is 311 g/mol. The van der Waals surface area contributed by atoms with Gasteiger partial charge in [0.2, 0.25) is 0 Å². The Balaban J connectivity index is 1.53. The Kier molecular flexibility index (Phi) is 4.25. The number of rotatable bonds is 4. The van der Waals surface area contributed by atoms with Crippen molar-refractivity contribution in [3.8, 4) is 0 Å². The van der Waals surface area contributed by atoms with Crippen LogP contribution < -0.4 is 0 Å². The molecule has 0 atom stereocenters. The Labute approximate surface area is 129 Å². The molecular formula is C13H21N5O2S. The topological polar surface area (TPSA) is 55.5 Å². The molecular weight excluding hydrogens is 290 g/mol. The average Bonchev–Trinajstić information content (AvgIpc) is 3.26. The molecule has 1 amide bonds. The normalized spacial score (nSPS) is 19.8. The van der Waals surface area contributed by atoms with Crippen LogP contribution in [0.1, 0.15) is 25.8 Å². The van der Waals surface area contributed by atoms with Crippen LogP contribution in [0.3, 0.4) is 0 Å². The molecule has 1 saturated heterocycles. The lowest BCUT2D eigenvalue weighted by Gasteiger charge is -2.33. The van der Waals surface area contributed by atoms with Crippen molar-refractivity contribution < 1.29 is 9.53 Å². The quantitative estimate of drug-likeness (QED) is 0.788. The summed E-state index contributed by atoms with van der Waals surface area (Å²) in [7, 11) is 0. The highest BCUT2D eigenvalue weighted by Crippen LogP contribution is 2.34. The largest absolute Gasteiger partial charge is 0.450 e. The molecule has 1 saturated carbocycles.